The number of pyridine rings is 1. The van der Waals surface area contributed by atoms with E-state index in [1.807, 2.05) is 48.2 Å². The number of nitrogens with one attached hydrogen (secondary N) is 1. The van der Waals surface area contributed by atoms with Gasteiger partial charge >= 0.3 is 6.09 Å². The summed E-state index contributed by atoms with van der Waals surface area (Å²) in [4.78, 5) is 41.7. The Kier molecular flexibility index (Phi) is 6.41. The number of likely N-dealkylation sites (tertiary alicyclic amines) is 1. The van der Waals surface area contributed by atoms with Crippen LogP contribution in [-0.2, 0) is 4.79 Å². The third kappa shape index (κ3) is 4.66. The van der Waals surface area contributed by atoms with Gasteiger partial charge in [-0.1, -0.05) is 24.3 Å². The summed E-state index contributed by atoms with van der Waals surface area (Å²) < 4.78 is 6.57. The van der Waals surface area contributed by atoms with Crippen molar-refractivity contribution in [3.63, 3.8) is 0 Å². The van der Waals surface area contributed by atoms with Crippen LogP contribution in [0, 0.1) is 12.3 Å². The molecule has 7 rings (SSSR count). The van der Waals surface area contributed by atoms with Crippen molar-refractivity contribution in [2.24, 2.45) is 5.41 Å². The Morgan fingerprint density at radius 1 is 1.02 bits per heavy atom. The Morgan fingerprint density at radius 2 is 1.90 bits per heavy atom. The van der Waals surface area contributed by atoms with E-state index in [0.717, 1.165) is 60.7 Å². The number of hydrogen-bond acceptors (Lipinski definition) is 7. The maximum Gasteiger partial charge on any atom is 0.407 e. The van der Waals surface area contributed by atoms with Crippen molar-refractivity contribution in [2.75, 3.05) is 29.9 Å². The van der Waals surface area contributed by atoms with Crippen LogP contribution in [0.1, 0.15) is 37.7 Å². The average molecular weight is 565 g/mol. The lowest BCUT2D eigenvalue weighted by Gasteiger charge is -2.31. The molecule has 1 spiro atoms. The number of piperidine rings is 1. The predicted molar refractivity (Wildman–Crippen MR) is 159 cm³/mol. The standard InChI is InChI=1S/C32H32N6O4/c1-20-9-10-22-23(6-2-8-26(22)38-18-14-32(12-13-32)29(38)39)27(20)42-28-24(7-3-15-33-28)25-11-16-34-30(36-25)35-21-5-4-17-37(19-21)31(40)41/h2-3,6-11,15-16,21H,4-5,12-14,17-19H2,1H3,(H,40,41)(H,34,35,36)/t21-/m0/s1. The van der Waals surface area contributed by atoms with Crippen LogP contribution in [0.5, 0.6) is 11.6 Å². The molecule has 214 valence electrons. The first-order chi connectivity index (χ1) is 20.4. The second-order valence-corrected chi connectivity index (χ2v) is 11.5. The van der Waals surface area contributed by atoms with Crippen LogP contribution < -0.4 is 15.0 Å². The number of carbonyl (C=O) groups is 2. The predicted octanol–water partition coefficient (Wildman–Crippen LogP) is 5.86. The van der Waals surface area contributed by atoms with Crippen molar-refractivity contribution >= 4 is 34.4 Å². The molecule has 10 nitrogen and oxygen atoms in total. The molecule has 3 fully saturated rings. The first kappa shape index (κ1) is 26.2. The summed E-state index contributed by atoms with van der Waals surface area (Å²) >= 11 is 0. The van der Waals surface area contributed by atoms with Crippen molar-refractivity contribution in [1.82, 2.24) is 19.9 Å². The number of carbonyl (C=O) groups excluding carboxylic acids is 1. The minimum Gasteiger partial charge on any atom is -0.465 e. The summed E-state index contributed by atoms with van der Waals surface area (Å²) in [5.74, 6) is 1.76. The molecule has 0 bridgehead atoms. The second kappa shape index (κ2) is 10.3. The molecule has 2 aliphatic heterocycles. The number of rotatable bonds is 6. The second-order valence-electron chi connectivity index (χ2n) is 11.5. The van der Waals surface area contributed by atoms with E-state index in [0.29, 0.717) is 41.9 Å². The monoisotopic (exact) mass is 564 g/mol. The lowest BCUT2D eigenvalue weighted by molar-refractivity contribution is -0.121. The highest BCUT2D eigenvalue weighted by Crippen LogP contribution is 2.55. The topological polar surface area (TPSA) is 121 Å². The summed E-state index contributed by atoms with van der Waals surface area (Å²) in [6, 6.07) is 15.6. The summed E-state index contributed by atoms with van der Waals surface area (Å²) in [5, 5.41) is 14.6. The minimum absolute atomic E-state index is 0.0699. The largest absolute Gasteiger partial charge is 0.465 e. The van der Waals surface area contributed by atoms with Gasteiger partial charge < -0.3 is 25.0 Å². The summed E-state index contributed by atoms with van der Waals surface area (Å²) in [6.07, 6.45) is 6.97. The molecule has 2 N–H and O–H groups in total. The molecule has 2 amide bonds. The maximum absolute atomic E-state index is 13.2. The van der Waals surface area contributed by atoms with Crippen molar-refractivity contribution in [2.45, 2.75) is 45.1 Å². The number of aromatic nitrogens is 3. The number of ether oxygens (including phenoxy) is 1. The number of nitrogens with zero attached hydrogens (tertiary/aromatic N) is 5. The van der Waals surface area contributed by atoms with Crippen molar-refractivity contribution in [3.05, 3.63) is 66.5 Å². The Morgan fingerprint density at radius 3 is 2.71 bits per heavy atom. The zero-order valence-corrected chi connectivity index (χ0v) is 23.4. The molecule has 0 unspecified atom stereocenters. The molecule has 1 atom stereocenters. The normalized spacial score (nSPS) is 19.4. The SMILES string of the molecule is Cc1ccc2c(N3CCC4(CC4)C3=O)cccc2c1Oc1ncccc1-c1ccnc(N[C@H]2CCCN(C(=O)O)C2)n1. The van der Waals surface area contributed by atoms with E-state index in [1.165, 1.54) is 4.90 Å². The summed E-state index contributed by atoms with van der Waals surface area (Å²) in [7, 11) is 0. The third-order valence-electron chi connectivity index (χ3n) is 8.77. The van der Waals surface area contributed by atoms with Gasteiger partial charge in [-0.3, -0.25) is 4.79 Å². The molecule has 10 heteroatoms. The first-order valence-corrected chi connectivity index (χ1v) is 14.5. The maximum atomic E-state index is 13.2. The number of amides is 2. The van der Waals surface area contributed by atoms with Gasteiger partial charge in [-0.15, -0.1) is 0 Å². The molecule has 4 aromatic rings. The fraction of sp³-hybridized carbons (Fsp3) is 0.344. The van der Waals surface area contributed by atoms with Gasteiger partial charge in [-0.2, -0.15) is 0 Å². The molecule has 3 aliphatic rings. The quantitative estimate of drug-likeness (QED) is 0.299. The van der Waals surface area contributed by atoms with Crippen molar-refractivity contribution in [3.8, 4) is 22.9 Å². The van der Waals surface area contributed by atoms with E-state index in [2.05, 4.69) is 21.4 Å². The van der Waals surface area contributed by atoms with Crippen LogP contribution in [0.25, 0.3) is 22.0 Å². The fourth-order valence-corrected chi connectivity index (χ4v) is 6.25. The van der Waals surface area contributed by atoms with Gasteiger partial charge in [0.25, 0.3) is 0 Å². The average Bonchev–Trinajstić information content (AvgIpc) is 3.73. The van der Waals surface area contributed by atoms with E-state index >= 15 is 0 Å². The summed E-state index contributed by atoms with van der Waals surface area (Å²) in [6.45, 7) is 3.67. The van der Waals surface area contributed by atoms with Crippen LogP contribution in [0.3, 0.4) is 0 Å². The van der Waals surface area contributed by atoms with E-state index < -0.39 is 6.09 Å². The molecule has 2 aromatic carbocycles. The number of hydrogen-bond donors (Lipinski definition) is 2. The number of benzene rings is 2. The van der Waals surface area contributed by atoms with Gasteiger partial charge in [0.1, 0.15) is 5.75 Å². The molecule has 1 saturated carbocycles. The lowest BCUT2D eigenvalue weighted by Crippen LogP contribution is -2.44. The van der Waals surface area contributed by atoms with Gasteiger partial charge in [-0.25, -0.2) is 19.7 Å². The molecular weight excluding hydrogens is 532 g/mol. The zero-order chi connectivity index (χ0) is 28.8. The molecule has 4 heterocycles. The molecule has 0 radical (unpaired) electrons. The fourth-order valence-electron chi connectivity index (χ4n) is 6.25. The van der Waals surface area contributed by atoms with Crippen LogP contribution >= 0.6 is 0 Å². The van der Waals surface area contributed by atoms with Crippen LogP contribution in [-0.4, -0.2) is 62.6 Å². The third-order valence-corrected chi connectivity index (χ3v) is 8.77. The Bertz CT molecular complexity index is 1700. The van der Waals surface area contributed by atoms with Crippen LogP contribution in [0.4, 0.5) is 16.4 Å². The van der Waals surface area contributed by atoms with Crippen molar-refractivity contribution in [1.29, 1.82) is 0 Å². The van der Waals surface area contributed by atoms with Gasteiger partial charge in [0.2, 0.25) is 17.7 Å². The van der Waals surface area contributed by atoms with E-state index in [1.54, 1.807) is 18.5 Å². The van der Waals surface area contributed by atoms with E-state index in [-0.39, 0.29) is 17.4 Å². The number of anilines is 2. The van der Waals surface area contributed by atoms with E-state index in [9.17, 15) is 14.7 Å². The van der Waals surface area contributed by atoms with Gasteiger partial charge in [0.15, 0.2) is 0 Å². The van der Waals surface area contributed by atoms with Crippen LogP contribution in [0.15, 0.2) is 60.9 Å². The smallest absolute Gasteiger partial charge is 0.407 e. The van der Waals surface area contributed by atoms with Crippen LogP contribution in [0.2, 0.25) is 0 Å². The highest BCUT2D eigenvalue weighted by atomic mass is 16.5. The van der Waals surface area contributed by atoms with E-state index in [4.69, 9.17) is 9.72 Å². The zero-order valence-electron chi connectivity index (χ0n) is 23.4. The van der Waals surface area contributed by atoms with Gasteiger partial charge in [-0.05, 0) is 68.9 Å². The highest BCUT2D eigenvalue weighted by molar-refractivity contribution is 6.09. The number of aryl methyl sites for hydroxylation is 1. The number of fused-ring (bicyclic) bond motifs is 1. The van der Waals surface area contributed by atoms with Gasteiger partial charge in [0.05, 0.1) is 22.4 Å². The Balaban J connectivity index is 1.19. The Hall–Kier alpha value is -4.73. The molecule has 1 aliphatic carbocycles. The first-order valence-electron chi connectivity index (χ1n) is 14.5. The molecule has 42 heavy (non-hydrogen) atoms. The highest BCUT2D eigenvalue weighted by Gasteiger charge is 2.55. The molecule has 2 aromatic heterocycles. The number of carboxylic acid groups (broad SMARTS) is 1. The lowest BCUT2D eigenvalue weighted by atomic mass is 10.0. The molecule has 2 saturated heterocycles. The van der Waals surface area contributed by atoms with Crippen molar-refractivity contribution < 1.29 is 19.4 Å². The van der Waals surface area contributed by atoms with Gasteiger partial charge in [0, 0.05) is 48.8 Å². The Labute approximate surface area is 243 Å². The summed E-state index contributed by atoms with van der Waals surface area (Å²) in [5.41, 5.74) is 3.08. The molecular formula is C32H32N6O4. The minimum atomic E-state index is -0.914.